The van der Waals surface area contributed by atoms with Gasteiger partial charge < -0.3 is 19.5 Å². The van der Waals surface area contributed by atoms with E-state index in [4.69, 9.17) is 21.9 Å². The van der Waals surface area contributed by atoms with Gasteiger partial charge in [0.15, 0.2) is 5.11 Å². The predicted molar refractivity (Wildman–Crippen MR) is 155 cm³/mol. The Bertz CT molecular complexity index is 1390. The Morgan fingerprint density at radius 3 is 2.41 bits per heavy atom. The third-order valence-electron chi connectivity index (χ3n) is 6.99. The molecule has 0 amide bonds. The van der Waals surface area contributed by atoms with Gasteiger partial charge in [0.05, 0.1) is 23.9 Å². The van der Waals surface area contributed by atoms with Crippen LogP contribution in [0.5, 0.6) is 5.75 Å². The minimum Gasteiger partial charge on any atom is -0.491 e. The van der Waals surface area contributed by atoms with E-state index in [1.807, 2.05) is 44.3 Å². The van der Waals surface area contributed by atoms with Gasteiger partial charge in [0, 0.05) is 29.0 Å². The molecule has 2 aromatic carbocycles. The maximum atomic E-state index is 5.94. The molecule has 0 spiro atoms. The highest BCUT2D eigenvalue weighted by molar-refractivity contribution is 7.80. The average Bonchev–Trinajstić information content (AvgIpc) is 3.39. The van der Waals surface area contributed by atoms with Crippen molar-refractivity contribution < 1.29 is 4.74 Å². The van der Waals surface area contributed by atoms with Gasteiger partial charge in [0.25, 0.3) is 0 Å². The Kier molecular flexibility index (Phi) is 7.02. The van der Waals surface area contributed by atoms with E-state index in [0.717, 1.165) is 23.6 Å². The van der Waals surface area contributed by atoms with E-state index in [1.165, 1.54) is 28.2 Å². The van der Waals surface area contributed by atoms with Crippen LogP contribution in [0.3, 0.4) is 0 Å². The third kappa shape index (κ3) is 4.74. The monoisotopic (exact) mass is 510 g/mol. The van der Waals surface area contributed by atoms with E-state index in [-0.39, 0.29) is 18.2 Å². The lowest BCUT2D eigenvalue weighted by Crippen LogP contribution is -2.29. The van der Waals surface area contributed by atoms with Crippen LogP contribution >= 0.6 is 12.2 Å². The molecule has 1 fully saturated rings. The number of rotatable bonds is 7. The zero-order valence-electron chi connectivity index (χ0n) is 22.1. The first kappa shape index (κ1) is 25.0. The molecule has 1 aliphatic heterocycles. The maximum absolute atomic E-state index is 5.94. The highest BCUT2D eigenvalue weighted by Crippen LogP contribution is 2.44. The number of ether oxygens (including phenoxy) is 1. The lowest BCUT2D eigenvalue weighted by molar-refractivity contribution is 0.242. The zero-order valence-corrected chi connectivity index (χ0v) is 22.9. The first-order valence-electron chi connectivity index (χ1n) is 12.9. The summed E-state index contributed by atoms with van der Waals surface area (Å²) in [6.07, 6.45) is 2.95. The van der Waals surface area contributed by atoms with Gasteiger partial charge in [-0.15, -0.1) is 0 Å². The second-order valence-electron chi connectivity index (χ2n) is 9.80. The lowest BCUT2D eigenvalue weighted by atomic mass is 9.96. The van der Waals surface area contributed by atoms with Crippen LogP contribution in [0.2, 0.25) is 0 Å². The van der Waals surface area contributed by atoms with E-state index in [0.29, 0.717) is 5.11 Å². The first-order chi connectivity index (χ1) is 17.9. The van der Waals surface area contributed by atoms with Gasteiger partial charge in [-0.05, 0) is 106 Å². The van der Waals surface area contributed by atoms with Crippen molar-refractivity contribution in [1.29, 1.82) is 0 Å². The average molecular weight is 511 g/mol. The lowest BCUT2D eigenvalue weighted by Gasteiger charge is -2.28. The second kappa shape index (κ2) is 10.4. The predicted octanol–water partition coefficient (Wildman–Crippen LogP) is 7.02. The van der Waals surface area contributed by atoms with E-state index in [9.17, 15) is 0 Å². The maximum Gasteiger partial charge on any atom is 0.174 e. The molecule has 0 radical (unpaired) electrons. The van der Waals surface area contributed by atoms with Crippen molar-refractivity contribution in [3.05, 3.63) is 107 Å². The van der Waals surface area contributed by atoms with Crippen LogP contribution < -0.4 is 15.0 Å². The number of nitrogens with one attached hydrogen (secondary N) is 1. The Balaban J connectivity index is 1.64. The topological polar surface area (TPSA) is 42.3 Å². The van der Waals surface area contributed by atoms with Crippen LogP contribution in [0, 0.1) is 13.8 Å². The SMILES string of the molecule is CCc1ccccc1-n1c(C)cc([C@@H]2[C@H](c3ccccn3)NC(=S)N2c2ccc(OC(C)C)cc2)c1C. The summed E-state index contributed by atoms with van der Waals surface area (Å²) >= 11 is 5.94. The van der Waals surface area contributed by atoms with E-state index >= 15 is 0 Å². The van der Waals surface area contributed by atoms with Crippen LogP contribution in [0.25, 0.3) is 5.69 Å². The molecule has 5 nitrogen and oxygen atoms in total. The fraction of sp³-hybridized carbons (Fsp3) is 0.290. The number of nitrogens with zero attached hydrogens (tertiary/aromatic N) is 3. The molecular weight excluding hydrogens is 476 g/mol. The summed E-state index contributed by atoms with van der Waals surface area (Å²) < 4.78 is 8.27. The Morgan fingerprint density at radius 2 is 1.73 bits per heavy atom. The summed E-state index contributed by atoms with van der Waals surface area (Å²) in [7, 11) is 0. The smallest absolute Gasteiger partial charge is 0.174 e. The number of pyridine rings is 1. The van der Waals surface area contributed by atoms with Crippen molar-refractivity contribution in [1.82, 2.24) is 14.9 Å². The minimum absolute atomic E-state index is 0.0620. The quantitative estimate of drug-likeness (QED) is 0.271. The van der Waals surface area contributed by atoms with E-state index in [2.05, 4.69) is 84.1 Å². The van der Waals surface area contributed by atoms with Crippen molar-refractivity contribution in [3.8, 4) is 11.4 Å². The molecule has 5 rings (SSSR count). The summed E-state index contributed by atoms with van der Waals surface area (Å²) in [4.78, 5) is 6.94. The fourth-order valence-electron chi connectivity index (χ4n) is 5.39. The summed E-state index contributed by atoms with van der Waals surface area (Å²) in [5.74, 6) is 0.851. The van der Waals surface area contributed by atoms with Crippen molar-refractivity contribution in [2.45, 2.75) is 59.2 Å². The summed E-state index contributed by atoms with van der Waals surface area (Å²) in [6, 6.07) is 25.1. The van der Waals surface area contributed by atoms with Crippen LogP contribution in [0.1, 0.15) is 61.1 Å². The molecule has 4 aromatic rings. The molecule has 190 valence electrons. The molecule has 2 aromatic heterocycles. The number of hydrogen-bond donors (Lipinski definition) is 1. The Morgan fingerprint density at radius 1 is 1.00 bits per heavy atom. The number of para-hydroxylation sites is 1. The molecule has 1 aliphatic rings. The van der Waals surface area contributed by atoms with Crippen molar-refractivity contribution in [3.63, 3.8) is 0 Å². The standard InChI is InChI=1S/C31H34N4OS/c1-6-23-11-7-8-13-28(23)34-21(4)19-26(22(34)5)30-29(27-12-9-10-18-32-27)33-31(37)35(30)24-14-16-25(17-15-24)36-20(2)3/h7-20,29-30H,6H2,1-5H3,(H,33,37)/t29-,30+/m0/s1. The molecule has 0 bridgehead atoms. The van der Waals surface area contributed by atoms with Gasteiger partial charge >= 0.3 is 0 Å². The normalized spacial score (nSPS) is 17.4. The van der Waals surface area contributed by atoms with E-state index in [1.54, 1.807) is 0 Å². The molecule has 2 atom stereocenters. The van der Waals surface area contributed by atoms with Crippen molar-refractivity contribution >= 4 is 23.0 Å². The van der Waals surface area contributed by atoms with Crippen molar-refractivity contribution in [2.75, 3.05) is 4.90 Å². The molecule has 3 heterocycles. The summed E-state index contributed by atoms with van der Waals surface area (Å²) in [5.41, 5.74) is 8.19. The first-order valence-corrected chi connectivity index (χ1v) is 13.3. The molecule has 0 saturated carbocycles. The highest BCUT2D eigenvalue weighted by Gasteiger charge is 2.42. The van der Waals surface area contributed by atoms with Gasteiger partial charge in [-0.1, -0.05) is 31.2 Å². The third-order valence-corrected chi connectivity index (χ3v) is 7.30. The van der Waals surface area contributed by atoms with Gasteiger partial charge in [0.2, 0.25) is 0 Å². The number of benzene rings is 2. The summed E-state index contributed by atoms with van der Waals surface area (Å²) in [5, 5.41) is 4.28. The Labute approximate surface area is 225 Å². The van der Waals surface area contributed by atoms with Crippen molar-refractivity contribution in [2.24, 2.45) is 0 Å². The van der Waals surface area contributed by atoms with Crippen LogP contribution in [0.15, 0.2) is 79.0 Å². The highest BCUT2D eigenvalue weighted by atomic mass is 32.1. The molecular formula is C31H34N4OS. The van der Waals surface area contributed by atoms with Gasteiger partial charge in [-0.3, -0.25) is 4.98 Å². The minimum atomic E-state index is -0.0874. The number of aryl methyl sites for hydroxylation is 2. The second-order valence-corrected chi connectivity index (χ2v) is 10.2. The van der Waals surface area contributed by atoms with Crippen LogP contribution in [-0.4, -0.2) is 20.8 Å². The zero-order chi connectivity index (χ0) is 26.1. The number of hydrogen-bond acceptors (Lipinski definition) is 3. The fourth-order valence-corrected chi connectivity index (χ4v) is 5.74. The van der Waals surface area contributed by atoms with E-state index < -0.39 is 0 Å². The summed E-state index contributed by atoms with van der Waals surface area (Å²) in [6.45, 7) is 10.7. The van der Waals surface area contributed by atoms with Crippen LogP contribution in [-0.2, 0) is 6.42 Å². The molecule has 37 heavy (non-hydrogen) atoms. The largest absolute Gasteiger partial charge is 0.491 e. The van der Waals surface area contributed by atoms with Crippen LogP contribution in [0.4, 0.5) is 5.69 Å². The van der Waals surface area contributed by atoms with Gasteiger partial charge in [-0.25, -0.2) is 0 Å². The molecule has 1 saturated heterocycles. The molecule has 0 unspecified atom stereocenters. The number of thiocarbonyl (C=S) groups is 1. The molecule has 0 aliphatic carbocycles. The molecule has 6 heteroatoms. The Hall–Kier alpha value is -3.64. The van der Waals surface area contributed by atoms with Gasteiger partial charge in [0.1, 0.15) is 5.75 Å². The molecule has 1 N–H and O–H groups in total. The number of anilines is 1. The van der Waals surface area contributed by atoms with Gasteiger partial charge in [-0.2, -0.15) is 0 Å². The number of aromatic nitrogens is 2.